The summed E-state index contributed by atoms with van der Waals surface area (Å²) in [5.74, 6) is 0.833. The Morgan fingerprint density at radius 2 is 0.500 bits per heavy atom. The standard InChI is InChI=1S/C4H10.4C2H6.C2H5/c1-4(2)3;5*1-2/h4H,1-3H3;4*1-2H3;1H2,2H3/q;;;;;+1. The summed E-state index contributed by atoms with van der Waals surface area (Å²) >= 11 is 0. The second kappa shape index (κ2) is 220. The summed E-state index contributed by atoms with van der Waals surface area (Å²) < 4.78 is 0. The van der Waals surface area contributed by atoms with Crippen LogP contribution in [0.1, 0.15) is 83.1 Å². The van der Waals surface area contributed by atoms with Crippen molar-refractivity contribution in [1.82, 2.24) is 0 Å². The average molecular weight is 207 g/mol. The second-order valence-electron chi connectivity index (χ2n) is 1.73. The van der Waals surface area contributed by atoms with Crippen LogP contribution in [0.5, 0.6) is 0 Å². The summed E-state index contributed by atoms with van der Waals surface area (Å²) in [7, 11) is 0. The molecule has 0 amide bonds. The fourth-order valence-corrected chi connectivity index (χ4v) is 0. The van der Waals surface area contributed by atoms with E-state index in [4.69, 9.17) is 0 Å². The van der Waals surface area contributed by atoms with Crippen LogP contribution in [0.4, 0.5) is 0 Å². The van der Waals surface area contributed by atoms with Crippen molar-refractivity contribution in [3.8, 4) is 0 Å². The maximum absolute atomic E-state index is 3.25. The Kier molecular flexibility index (Phi) is 583. The zero-order valence-corrected chi connectivity index (χ0v) is 13.3. The Morgan fingerprint density at radius 1 is 0.500 bits per heavy atom. The van der Waals surface area contributed by atoms with Crippen molar-refractivity contribution in [1.29, 1.82) is 0 Å². The Labute approximate surface area is 96.5 Å². The quantitative estimate of drug-likeness (QED) is 0.392. The third-order valence-corrected chi connectivity index (χ3v) is 0. The van der Waals surface area contributed by atoms with E-state index in [0.29, 0.717) is 0 Å². The molecule has 0 spiro atoms. The third kappa shape index (κ3) is 83000. The topological polar surface area (TPSA) is 0 Å². The predicted octanol–water partition coefficient (Wildman–Crippen LogP) is 6.61. The minimum Gasteiger partial charge on any atom is -0.0683 e. The molecule has 0 saturated heterocycles. The van der Waals surface area contributed by atoms with Gasteiger partial charge in [-0.3, -0.25) is 0 Å². The van der Waals surface area contributed by atoms with Gasteiger partial charge in [0.05, 0.1) is 13.8 Å². The van der Waals surface area contributed by atoms with Crippen molar-refractivity contribution in [2.45, 2.75) is 83.1 Å². The molecule has 0 aromatic rings. The van der Waals surface area contributed by atoms with E-state index in [-0.39, 0.29) is 0 Å². The van der Waals surface area contributed by atoms with Gasteiger partial charge in [-0.2, -0.15) is 0 Å². The van der Waals surface area contributed by atoms with Crippen LogP contribution in [0, 0.1) is 12.8 Å². The first-order valence-corrected chi connectivity index (χ1v) is 6.44. The van der Waals surface area contributed by atoms with Gasteiger partial charge in [0.25, 0.3) is 0 Å². The average Bonchev–Trinajstić information content (AvgIpc) is 2.30. The maximum atomic E-state index is 3.25. The summed E-state index contributed by atoms with van der Waals surface area (Å²) in [6, 6.07) is 0. The van der Waals surface area contributed by atoms with E-state index in [1.807, 2.05) is 55.4 Å². The van der Waals surface area contributed by atoms with Crippen LogP contribution in [0.25, 0.3) is 0 Å². The van der Waals surface area contributed by atoms with Crippen LogP contribution in [0.15, 0.2) is 0 Å². The van der Waals surface area contributed by atoms with Crippen LogP contribution in [-0.2, 0) is 0 Å². The SMILES string of the molecule is CC.CC.CC.CC.CC(C)C.[CH2+]C. The second-order valence-corrected chi connectivity index (χ2v) is 1.73. The monoisotopic (exact) mass is 207 g/mol. The first kappa shape index (κ1) is 37.1. The van der Waals surface area contributed by atoms with Crippen molar-refractivity contribution in [3.05, 3.63) is 6.92 Å². The van der Waals surface area contributed by atoms with Crippen molar-refractivity contribution >= 4 is 0 Å². The first-order valence-electron chi connectivity index (χ1n) is 6.44. The van der Waals surface area contributed by atoms with Crippen LogP contribution < -0.4 is 0 Å². The highest BCUT2D eigenvalue weighted by Gasteiger charge is 1.68. The molecule has 0 bridgehead atoms. The molecule has 0 aliphatic carbocycles. The van der Waals surface area contributed by atoms with Crippen LogP contribution in [0.2, 0.25) is 0 Å². The van der Waals surface area contributed by atoms with Gasteiger partial charge in [-0.25, -0.2) is 0 Å². The molecule has 0 heterocycles. The lowest BCUT2D eigenvalue weighted by Crippen LogP contribution is -1.66. The summed E-state index contributed by atoms with van der Waals surface area (Å²) in [6.07, 6.45) is 0. The molecule has 0 radical (unpaired) electrons. The van der Waals surface area contributed by atoms with Crippen LogP contribution >= 0.6 is 0 Å². The summed E-state index contributed by atoms with van der Waals surface area (Å²) in [6.45, 7) is 27.5. The van der Waals surface area contributed by atoms with Crippen molar-refractivity contribution in [2.75, 3.05) is 0 Å². The predicted molar refractivity (Wildman–Crippen MR) is 76.9 cm³/mol. The van der Waals surface area contributed by atoms with E-state index in [0.717, 1.165) is 5.92 Å². The normalized spacial score (nSPS) is 4.64. The molecular weight excluding hydrogens is 168 g/mol. The highest BCUT2D eigenvalue weighted by Crippen LogP contribution is 1.81. The van der Waals surface area contributed by atoms with E-state index >= 15 is 0 Å². The zero-order chi connectivity index (χ0) is 13.6. The van der Waals surface area contributed by atoms with Gasteiger partial charge in [-0.1, -0.05) is 76.2 Å². The lowest BCUT2D eigenvalue weighted by molar-refractivity contribution is 0.737. The van der Waals surface area contributed by atoms with Crippen LogP contribution in [0.3, 0.4) is 0 Å². The molecule has 0 heteroatoms. The highest BCUT2D eigenvalue weighted by atomic mass is 13.7. The molecule has 0 fully saturated rings. The summed E-state index contributed by atoms with van der Waals surface area (Å²) in [5, 5.41) is 0. The molecule has 0 aliphatic heterocycles. The smallest absolute Gasteiger partial charge is 0.0683 e. The van der Waals surface area contributed by atoms with Gasteiger partial charge in [-0.15, -0.1) is 0 Å². The van der Waals surface area contributed by atoms with Gasteiger partial charge in [-0.05, 0) is 5.92 Å². The molecule has 0 aromatic carbocycles. The van der Waals surface area contributed by atoms with E-state index < -0.39 is 0 Å². The molecule has 0 aromatic heterocycles. The zero-order valence-electron chi connectivity index (χ0n) is 13.3. The van der Waals surface area contributed by atoms with Gasteiger partial charge >= 0.3 is 0 Å². The molecular formula is C14H39+. The number of hydrogen-bond acceptors (Lipinski definition) is 0. The molecule has 0 unspecified atom stereocenters. The minimum absolute atomic E-state index is 0.833. The first-order chi connectivity index (χ1) is 6.73. The highest BCUT2D eigenvalue weighted by molar-refractivity contribution is 4.20. The molecule has 0 rings (SSSR count). The Hall–Kier alpha value is -0.130. The van der Waals surface area contributed by atoms with E-state index in [9.17, 15) is 0 Å². The maximum Gasteiger partial charge on any atom is 0.0746 e. The Balaban J connectivity index is -0.0000000143. The third-order valence-electron chi connectivity index (χ3n) is 0. The fraction of sp³-hybridized carbons (Fsp3) is 0.929. The van der Waals surface area contributed by atoms with Crippen LogP contribution in [-0.4, -0.2) is 0 Å². The van der Waals surface area contributed by atoms with E-state index in [2.05, 4.69) is 27.7 Å². The van der Waals surface area contributed by atoms with Gasteiger partial charge in [0.2, 0.25) is 0 Å². The summed E-state index contributed by atoms with van der Waals surface area (Å²) in [5.41, 5.74) is 0. The van der Waals surface area contributed by atoms with Gasteiger partial charge in [0.15, 0.2) is 0 Å². The Morgan fingerprint density at radius 3 is 0.500 bits per heavy atom. The van der Waals surface area contributed by atoms with Gasteiger partial charge < -0.3 is 0 Å². The minimum atomic E-state index is 0.833. The lowest BCUT2D eigenvalue weighted by Gasteiger charge is -1.79. The molecule has 0 aliphatic rings. The van der Waals surface area contributed by atoms with Crippen molar-refractivity contribution in [3.63, 3.8) is 0 Å². The lowest BCUT2D eigenvalue weighted by atomic mass is 10.3. The molecule has 94 valence electrons. The number of rotatable bonds is 0. The van der Waals surface area contributed by atoms with E-state index in [1.54, 1.807) is 6.92 Å². The largest absolute Gasteiger partial charge is 0.0746 e. The molecule has 0 atom stereocenters. The number of hydrogen-bond donors (Lipinski definition) is 0. The van der Waals surface area contributed by atoms with Gasteiger partial charge in [0.1, 0.15) is 0 Å². The van der Waals surface area contributed by atoms with Gasteiger partial charge in [0, 0.05) is 0 Å². The summed E-state index contributed by atoms with van der Waals surface area (Å²) in [4.78, 5) is 0. The fourth-order valence-electron chi connectivity index (χ4n) is 0. The molecule has 0 nitrogen and oxygen atoms in total. The molecule has 0 N–H and O–H groups in total. The molecule has 0 saturated carbocycles. The van der Waals surface area contributed by atoms with Crippen molar-refractivity contribution in [2.24, 2.45) is 5.92 Å². The van der Waals surface area contributed by atoms with Crippen molar-refractivity contribution < 1.29 is 0 Å². The van der Waals surface area contributed by atoms with E-state index in [1.165, 1.54) is 0 Å². The Bertz CT molecular complexity index is 4.75. The molecule has 14 heavy (non-hydrogen) atoms.